The third kappa shape index (κ3) is 2.22. The summed E-state index contributed by atoms with van der Waals surface area (Å²) in [5, 5.41) is 19.8. The molecule has 0 fully saturated rings. The van der Waals surface area contributed by atoms with Crippen molar-refractivity contribution < 1.29 is 9.90 Å². The Hall–Kier alpha value is -2.24. The summed E-state index contributed by atoms with van der Waals surface area (Å²) >= 11 is 0. The highest BCUT2D eigenvalue weighted by Crippen LogP contribution is 2.08. The molecular weight excluding hydrogens is 208 g/mol. The number of aryl methyl sites for hydroxylation is 1. The Morgan fingerprint density at radius 2 is 2.06 bits per heavy atom. The largest absolute Gasteiger partial charge is 0.481 e. The molecular formula is C10H10N4O2. The number of tetrazole rings is 1. The van der Waals surface area contributed by atoms with Crippen LogP contribution in [0.5, 0.6) is 0 Å². The van der Waals surface area contributed by atoms with Gasteiger partial charge in [0.1, 0.15) is 0 Å². The number of nitrogens with zero attached hydrogens (tertiary/aromatic N) is 4. The molecule has 0 aliphatic heterocycles. The summed E-state index contributed by atoms with van der Waals surface area (Å²) in [6, 6.07) is 9.36. The molecule has 6 nitrogen and oxygen atoms in total. The number of carbonyl (C=O) groups is 1. The van der Waals surface area contributed by atoms with Gasteiger partial charge >= 0.3 is 5.97 Å². The molecule has 1 aromatic carbocycles. The first-order valence-electron chi connectivity index (χ1n) is 4.82. The third-order valence-corrected chi connectivity index (χ3v) is 2.10. The molecule has 82 valence electrons. The molecule has 0 saturated carbocycles. The molecule has 1 heterocycles. The second-order valence-electron chi connectivity index (χ2n) is 3.24. The van der Waals surface area contributed by atoms with Crippen LogP contribution in [0.4, 0.5) is 0 Å². The van der Waals surface area contributed by atoms with E-state index in [0.29, 0.717) is 12.2 Å². The minimum atomic E-state index is -0.859. The normalized spacial score (nSPS) is 10.2. The molecule has 0 aliphatic rings. The molecule has 1 aromatic heterocycles. The molecule has 0 saturated heterocycles. The summed E-state index contributed by atoms with van der Waals surface area (Å²) in [4.78, 5) is 10.5. The van der Waals surface area contributed by atoms with Crippen molar-refractivity contribution in [1.29, 1.82) is 0 Å². The number of aromatic nitrogens is 4. The summed E-state index contributed by atoms with van der Waals surface area (Å²) in [5.74, 6) is -0.309. The van der Waals surface area contributed by atoms with Gasteiger partial charge in [0.2, 0.25) is 0 Å². The highest BCUT2D eigenvalue weighted by Gasteiger charge is 2.09. The van der Waals surface area contributed by atoms with Crippen molar-refractivity contribution in [3.8, 4) is 5.69 Å². The Morgan fingerprint density at radius 1 is 1.31 bits per heavy atom. The van der Waals surface area contributed by atoms with Crippen LogP contribution in [0.1, 0.15) is 12.2 Å². The molecule has 0 amide bonds. The first-order valence-corrected chi connectivity index (χ1v) is 4.82. The molecule has 0 unspecified atom stereocenters. The summed E-state index contributed by atoms with van der Waals surface area (Å²) in [6.07, 6.45) is 0.338. The van der Waals surface area contributed by atoms with Crippen molar-refractivity contribution in [2.45, 2.75) is 12.8 Å². The van der Waals surface area contributed by atoms with Gasteiger partial charge < -0.3 is 5.11 Å². The first kappa shape index (κ1) is 10.3. The molecule has 0 aliphatic carbocycles. The predicted octanol–water partition coefficient (Wildman–Crippen LogP) is 0.679. The van der Waals surface area contributed by atoms with E-state index in [4.69, 9.17) is 5.11 Å². The lowest BCUT2D eigenvalue weighted by atomic mass is 10.3. The van der Waals surface area contributed by atoms with Crippen LogP contribution in [0.15, 0.2) is 30.3 Å². The number of para-hydroxylation sites is 1. The monoisotopic (exact) mass is 218 g/mol. The average Bonchev–Trinajstić information content (AvgIpc) is 2.75. The smallest absolute Gasteiger partial charge is 0.303 e. The number of carboxylic acid groups (broad SMARTS) is 1. The van der Waals surface area contributed by atoms with E-state index in [0.717, 1.165) is 5.69 Å². The van der Waals surface area contributed by atoms with Crippen molar-refractivity contribution in [2.24, 2.45) is 0 Å². The van der Waals surface area contributed by atoms with Crippen LogP contribution < -0.4 is 0 Å². The van der Waals surface area contributed by atoms with Crippen LogP contribution in [-0.4, -0.2) is 31.3 Å². The van der Waals surface area contributed by atoms with E-state index in [1.54, 1.807) is 4.68 Å². The fourth-order valence-electron chi connectivity index (χ4n) is 1.35. The zero-order chi connectivity index (χ0) is 11.4. The van der Waals surface area contributed by atoms with Crippen LogP contribution in [0.25, 0.3) is 5.69 Å². The average molecular weight is 218 g/mol. The van der Waals surface area contributed by atoms with Crippen molar-refractivity contribution >= 4 is 5.97 Å². The lowest BCUT2D eigenvalue weighted by Crippen LogP contribution is -2.06. The van der Waals surface area contributed by atoms with E-state index >= 15 is 0 Å². The molecule has 2 aromatic rings. The standard InChI is InChI=1S/C10H10N4O2/c15-10(16)7-6-9-11-12-13-14(9)8-4-2-1-3-5-8/h1-5H,6-7H2,(H,15,16). The number of aliphatic carboxylic acids is 1. The zero-order valence-corrected chi connectivity index (χ0v) is 8.45. The maximum absolute atomic E-state index is 10.5. The van der Waals surface area contributed by atoms with Crippen LogP contribution in [-0.2, 0) is 11.2 Å². The van der Waals surface area contributed by atoms with Gasteiger partial charge in [-0.05, 0) is 22.6 Å². The molecule has 0 spiro atoms. The van der Waals surface area contributed by atoms with E-state index in [9.17, 15) is 4.79 Å². The highest BCUT2D eigenvalue weighted by molar-refractivity contribution is 5.66. The lowest BCUT2D eigenvalue weighted by Gasteiger charge is -2.02. The van der Waals surface area contributed by atoms with E-state index < -0.39 is 5.97 Å². The summed E-state index contributed by atoms with van der Waals surface area (Å²) in [6.45, 7) is 0. The van der Waals surface area contributed by atoms with Gasteiger partial charge in [0, 0.05) is 6.42 Å². The topological polar surface area (TPSA) is 80.9 Å². The van der Waals surface area contributed by atoms with Gasteiger partial charge in [-0.2, -0.15) is 4.68 Å². The number of hydrogen-bond acceptors (Lipinski definition) is 4. The Bertz CT molecular complexity index is 481. The second kappa shape index (κ2) is 4.52. The summed E-state index contributed by atoms with van der Waals surface area (Å²) in [7, 11) is 0. The van der Waals surface area contributed by atoms with Gasteiger partial charge in [-0.15, -0.1) is 5.10 Å². The van der Waals surface area contributed by atoms with Crippen molar-refractivity contribution in [3.05, 3.63) is 36.2 Å². The fourth-order valence-corrected chi connectivity index (χ4v) is 1.35. The predicted molar refractivity (Wildman–Crippen MR) is 55.1 cm³/mol. The van der Waals surface area contributed by atoms with Gasteiger partial charge in [0.25, 0.3) is 0 Å². The zero-order valence-electron chi connectivity index (χ0n) is 8.45. The molecule has 0 atom stereocenters. The third-order valence-electron chi connectivity index (χ3n) is 2.10. The van der Waals surface area contributed by atoms with E-state index in [2.05, 4.69) is 15.5 Å². The van der Waals surface area contributed by atoms with Gasteiger partial charge in [-0.1, -0.05) is 18.2 Å². The van der Waals surface area contributed by atoms with E-state index in [1.165, 1.54) is 0 Å². The van der Waals surface area contributed by atoms with Crippen LogP contribution in [0.2, 0.25) is 0 Å². The summed E-state index contributed by atoms with van der Waals surface area (Å²) in [5.41, 5.74) is 0.827. The Morgan fingerprint density at radius 3 is 2.75 bits per heavy atom. The SMILES string of the molecule is O=C(O)CCc1nnnn1-c1ccccc1. The van der Waals surface area contributed by atoms with Crippen LogP contribution in [0.3, 0.4) is 0 Å². The minimum absolute atomic E-state index is 0.0210. The first-order chi connectivity index (χ1) is 7.77. The minimum Gasteiger partial charge on any atom is -0.481 e. The van der Waals surface area contributed by atoms with Gasteiger partial charge in [0.15, 0.2) is 5.82 Å². The Kier molecular flexibility index (Phi) is 2.90. The molecule has 6 heteroatoms. The maximum atomic E-state index is 10.5. The fraction of sp³-hybridized carbons (Fsp3) is 0.200. The Labute approximate surface area is 91.5 Å². The van der Waals surface area contributed by atoms with Crippen LogP contribution >= 0.6 is 0 Å². The number of carboxylic acids is 1. The van der Waals surface area contributed by atoms with Crippen molar-refractivity contribution in [1.82, 2.24) is 20.2 Å². The Balaban J connectivity index is 2.23. The number of rotatable bonds is 4. The van der Waals surface area contributed by atoms with Gasteiger partial charge in [0.05, 0.1) is 12.1 Å². The van der Waals surface area contributed by atoms with Crippen molar-refractivity contribution in [2.75, 3.05) is 0 Å². The highest BCUT2D eigenvalue weighted by atomic mass is 16.4. The number of hydrogen-bond donors (Lipinski definition) is 1. The van der Waals surface area contributed by atoms with E-state index in [1.807, 2.05) is 30.3 Å². The van der Waals surface area contributed by atoms with E-state index in [-0.39, 0.29) is 6.42 Å². The van der Waals surface area contributed by atoms with Crippen LogP contribution in [0, 0.1) is 0 Å². The van der Waals surface area contributed by atoms with Gasteiger partial charge in [-0.25, -0.2) is 0 Å². The van der Waals surface area contributed by atoms with Gasteiger partial charge in [-0.3, -0.25) is 4.79 Å². The maximum Gasteiger partial charge on any atom is 0.303 e. The number of benzene rings is 1. The molecule has 0 radical (unpaired) electrons. The second-order valence-corrected chi connectivity index (χ2v) is 3.24. The lowest BCUT2D eigenvalue weighted by molar-refractivity contribution is -0.137. The quantitative estimate of drug-likeness (QED) is 0.816. The summed E-state index contributed by atoms with van der Waals surface area (Å²) < 4.78 is 1.54. The molecule has 2 rings (SSSR count). The molecule has 1 N–H and O–H groups in total. The molecule has 0 bridgehead atoms. The van der Waals surface area contributed by atoms with Crippen molar-refractivity contribution in [3.63, 3.8) is 0 Å². The molecule has 16 heavy (non-hydrogen) atoms.